The molecule has 0 aromatic heterocycles. The molecule has 1 aliphatic rings. The van der Waals surface area contributed by atoms with E-state index in [9.17, 15) is 9.59 Å². The first-order chi connectivity index (χ1) is 9.20. The quantitative estimate of drug-likeness (QED) is 0.766. The fourth-order valence-corrected chi connectivity index (χ4v) is 2.02. The van der Waals surface area contributed by atoms with Gasteiger partial charge in [0.1, 0.15) is 5.78 Å². The molecule has 1 amide bonds. The van der Waals surface area contributed by atoms with Crippen LogP contribution in [0.2, 0.25) is 0 Å². The van der Waals surface area contributed by atoms with Crippen molar-refractivity contribution in [2.45, 2.75) is 26.2 Å². The van der Waals surface area contributed by atoms with Crippen molar-refractivity contribution in [3.63, 3.8) is 0 Å². The van der Waals surface area contributed by atoms with E-state index in [0.29, 0.717) is 25.9 Å². The van der Waals surface area contributed by atoms with Gasteiger partial charge in [0, 0.05) is 31.5 Å². The number of benzene rings is 1. The van der Waals surface area contributed by atoms with Crippen LogP contribution >= 0.6 is 0 Å². The molecular formula is C16H21NO2. The highest BCUT2D eigenvalue weighted by atomic mass is 16.2. The van der Waals surface area contributed by atoms with Crippen LogP contribution in [0.4, 0.5) is 0 Å². The molecule has 0 radical (unpaired) electrons. The van der Waals surface area contributed by atoms with Crippen molar-refractivity contribution in [3.05, 3.63) is 48.6 Å². The zero-order chi connectivity index (χ0) is 14.3. The van der Waals surface area contributed by atoms with Crippen LogP contribution in [-0.4, -0.2) is 29.7 Å². The summed E-state index contributed by atoms with van der Waals surface area (Å²) in [6, 6.07) is 7.72. The number of nitrogens with zero attached hydrogens (tertiary/aromatic N) is 1. The summed E-state index contributed by atoms with van der Waals surface area (Å²) in [5, 5.41) is 0. The summed E-state index contributed by atoms with van der Waals surface area (Å²) < 4.78 is 0. The second kappa shape index (κ2) is 7.52. The van der Waals surface area contributed by atoms with Crippen LogP contribution in [0.3, 0.4) is 0 Å². The fraction of sp³-hybridized carbons (Fsp3) is 0.375. The predicted molar refractivity (Wildman–Crippen MR) is 77.2 cm³/mol. The van der Waals surface area contributed by atoms with Crippen LogP contribution in [-0.2, 0) is 11.2 Å². The number of Topliss-reactive ketones (excluding diaryl/α,β-unsaturated/α-hetero) is 1. The second-order valence-corrected chi connectivity index (χ2v) is 4.38. The lowest BCUT2D eigenvalue weighted by Crippen LogP contribution is -2.38. The zero-order valence-electron chi connectivity index (χ0n) is 11.5. The molecule has 1 aliphatic heterocycles. The van der Waals surface area contributed by atoms with Gasteiger partial charge in [0.2, 0.25) is 0 Å². The first-order valence-corrected chi connectivity index (χ1v) is 6.60. The lowest BCUT2D eigenvalue weighted by atomic mass is 10.1. The average molecular weight is 259 g/mol. The molecule has 0 unspecified atom stereocenters. The standard InChI is InChI=1S/C14H17NO2.C2H4/c1-2-11-3-5-12(6-4-11)14(17)15-9-7-13(16)8-10-15;1-2/h3-6H,2,7-10H2,1H3;1-2H2. The van der Waals surface area contributed by atoms with Crippen LogP contribution in [0.25, 0.3) is 0 Å². The van der Waals surface area contributed by atoms with Crippen molar-refractivity contribution >= 4 is 11.7 Å². The molecule has 1 fully saturated rings. The molecule has 1 aromatic rings. The van der Waals surface area contributed by atoms with Crippen LogP contribution in [0, 0.1) is 0 Å². The maximum absolute atomic E-state index is 12.1. The van der Waals surface area contributed by atoms with E-state index in [1.54, 1.807) is 4.90 Å². The van der Waals surface area contributed by atoms with Crippen LogP contribution < -0.4 is 0 Å². The minimum absolute atomic E-state index is 0.0418. The van der Waals surface area contributed by atoms with Gasteiger partial charge in [-0.2, -0.15) is 0 Å². The van der Waals surface area contributed by atoms with E-state index >= 15 is 0 Å². The second-order valence-electron chi connectivity index (χ2n) is 4.38. The van der Waals surface area contributed by atoms with E-state index in [2.05, 4.69) is 20.1 Å². The third-order valence-corrected chi connectivity index (χ3v) is 3.22. The van der Waals surface area contributed by atoms with Crippen LogP contribution in [0.15, 0.2) is 37.4 Å². The predicted octanol–water partition coefficient (Wildman–Crippen LogP) is 2.86. The smallest absolute Gasteiger partial charge is 0.253 e. The molecule has 3 heteroatoms. The molecule has 0 N–H and O–H groups in total. The van der Waals surface area contributed by atoms with E-state index in [1.165, 1.54) is 5.56 Å². The first-order valence-electron chi connectivity index (χ1n) is 6.60. The highest BCUT2D eigenvalue weighted by Crippen LogP contribution is 2.12. The topological polar surface area (TPSA) is 37.4 Å². The maximum Gasteiger partial charge on any atom is 0.253 e. The van der Waals surface area contributed by atoms with Gasteiger partial charge in [-0.15, -0.1) is 13.2 Å². The van der Waals surface area contributed by atoms with Crippen molar-refractivity contribution in [3.8, 4) is 0 Å². The minimum Gasteiger partial charge on any atom is -0.338 e. The monoisotopic (exact) mass is 259 g/mol. The summed E-state index contributed by atoms with van der Waals surface area (Å²) in [7, 11) is 0. The molecule has 0 aliphatic carbocycles. The number of hydrogen-bond donors (Lipinski definition) is 0. The van der Waals surface area contributed by atoms with Gasteiger partial charge in [0.05, 0.1) is 0 Å². The van der Waals surface area contributed by atoms with Gasteiger partial charge in [0.25, 0.3) is 5.91 Å². The molecule has 102 valence electrons. The van der Waals surface area contributed by atoms with E-state index < -0.39 is 0 Å². The van der Waals surface area contributed by atoms with E-state index in [-0.39, 0.29) is 11.7 Å². The van der Waals surface area contributed by atoms with Crippen LogP contribution in [0.1, 0.15) is 35.7 Å². The Hall–Kier alpha value is -1.90. The molecule has 2 rings (SSSR count). The third kappa shape index (κ3) is 4.05. The van der Waals surface area contributed by atoms with Gasteiger partial charge in [-0.05, 0) is 24.1 Å². The fourth-order valence-electron chi connectivity index (χ4n) is 2.02. The Morgan fingerprint density at radius 2 is 1.68 bits per heavy atom. The van der Waals surface area contributed by atoms with Crippen molar-refractivity contribution < 1.29 is 9.59 Å². The summed E-state index contributed by atoms with van der Waals surface area (Å²) >= 11 is 0. The van der Waals surface area contributed by atoms with Crippen molar-refractivity contribution in [1.82, 2.24) is 4.90 Å². The average Bonchev–Trinajstić information content (AvgIpc) is 2.49. The molecular weight excluding hydrogens is 238 g/mol. The molecule has 0 bridgehead atoms. The Kier molecular flexibility index (Phi) is 6.00. The number of aryl methyl sites for hydroxylation is 1. The molecule has 1 aromatic carbocycles. The summed E-state index contributed by atoms with van der Waals surface area (Å²) in [6.07, 6.45) is 1.98. The summed E-state index contributed by atoms with van der Waals surface area (Å²) in [5.74, 6) is 0.301. The minimum atomic E-state index is 0.0418. The largest absolute Gasteiger partial charge is 0.338 e. The lowest BCUT2D eigenvalue weighted by Gasteiger charge is -2.26. The van der Waals surface area contributed by atoms with E-state index in [0.717, 1.165) is 12.0 Å². The van der Waals surface area contributed by atoms with Gasteiger partial charge < -0.3 is 4.90 Å². The zero-order valence-corrected chi connectivity index (χ0v) is 11.5. The SMILES string of the molecule is C=C.CCc1ccc(C(=O)N2CCC(=O)CC2)cc1. The van der Waals surface area contributed by atoms with Gasteiger partial charge in [0.15, 0.2) is 0 Å². The molecule has 0 saturated carbocycles. The van der Waals surface area contributed by atoms with Crippen LogP contribution in [0.5, 0.6) is 0 Å². The maximum atomic E-state index is 12.1. The molecule has 3 nitrogen and oxygen atoms in total. The van der Waals surface area contributed by atoms with Gasteiger partial charge in [-0.3, -0.25) is 9.59 Å². The van der Waals surface area contributed by atoms with Crippen molar-refractivity contribution in [2.75, 3.05) is 13.1 Å². The molecule has 0 spiro atoms. The van der Waals surface area contributed by atoms with Crippen molar-refractivity contribution in [1.29, 1.82) is 0 Å². The Morgan fingerprint density at radius 1 is 1.16 bits per heavy atom. The molecule has 19 heavy (non-hydrogen) atoms. The molecule has 1 heterocycles. The Bertz CT molecular complexity index is 427. The lowest BCUT2D eigenvalue weighted by molar-refractivity contribution is -0.120. The number of ketones is 1. The number of likely N-dealkylation sites (tertiary alicyclic amines) is 1. The first kappa shape index (κ1) is 15.2. The van der Waals surface area contributed by atoms with E-state index in [4.69, 9.17) is 0 Å². The summed E-state index contributed by atoms with van der Waals surface area (Å²) in [5.41, 5.74) is 1.95. The number of hydrogen-bond acceptors (Lipinski definition) is 2. The number of amides is 1. The number of carbonyl (C=O) groups excluding carboxylic acids is 2. The Labute approximate surface area is 114 Å². The third-order valence-electron chi connectivity index (χ3n) is 3.22. The summed E-state index contributed by atoms with van der Waals surface area (Å²) in [4.78, 5) is 25.0. The van der Waals surface area contributed by atoms with E-state index in [1.807, 2.05) is 24.3 Å². The molecule has 0 atom stereocenters. The van der Waals surface area contributed by atoms with Gasteiger partial charge in [-0.1, -0.05) is 19.1 Å². The van der Waals surface area contributed by atoms with Gasteiger partial charge >= 0.3 is 0 Å². The Balaban J connectivity index is 0.000000861. The number of piperidine rings is 1. The molecule has 1 saturated heterocycles. The Morgan fingerprint density at radius 3 is 2.16 bits per heavy atom. The van der Waals surface area contributed by atoms with Crippen molar-refractivity contribution in [2.24, 2.45) is 0 Å². The normalized spacial score (nSPS) is 14.6. The number of carbonyl (C=O) groups is 2. The highest BCUT2D eigenvalue weighted by molar-refractivity contribution is 5.95. The highest BCUT2D eigenvalue weighted by Gasteiger charge is 2.21. The van der Waals surface area contributed by atoms with Gasteiger partial charge in [-0.25, -0.2) is 0 Å². The number of rotatable bonds is 2. The summed E-state index contributed by atoms with van der Waals surface area (Å²) in [6.45, 7) is 9.22.